The number of epoxide rings is 2. The number of ether oxygens (including phenoxy) is 7. The summed E-state index contributed by atoms with van der Waals surface area (Å²) in [7, 11) is 0. The predicted octanol–water partition coefficient (Wildman–Crippen LogP) is 6.40. The summed E-state index contributed by atoms with van der Waals surface area (Å²) in [5.41, 5.74) is 5.08. The van der Waals surface area contributed by atoms with Crippen LogP contribution >= 0.6 is 0 Å². The molecule has 220 valence electrons. The van der Waals surface area contributed by atoms with Crippen LogP contribution in [0.3, 0.4) is 0 Å². The van der Waals surface area contributed by atoms with Crippen molar-refractivity contribution in [3.63, 3.8) is 0 Å². The van der Waals surface area contributed by atoms with Crippen LogP contribution in [0.25, 0.3) is 11.1 Å². The largest absolute Gasteiger partial charge is 0.491 e. The van der Waals surface area contributed by atoms with Gasteiger partial charge in [0.05, 0.1) is 18.8 Å². The van der Waals surface area contributed by atoms with Crippen LogP contribution in [0.4, 0.5) is 0 Å². The lowest BCUT2D eigenvalue weighted by Crippen LogP contribution is -2.09. The van der Waals surface area contributed by atoms with Crippen LogP contribution in [-0.2, 0) is 9.47 Å². The molecular weight excluding hydrogens is 548 g/mol. The molecule has 7 rings (SSSR count). The maximum atomic E-state index is 12.9. The Morgan fingerprint density at radius 3 is 1.67 bits per heavy atom. The second-order valence-corrected chi connectivity index (χ2v) is 10.8. The quantitative estimate of drug-likeness (QED) is 0.0777. The standard InChI is InChI=1S/C35H32O8/c1-2-30-33-15-26(42-21-41-25-9-7-24(8-10-25)38-18-29-20-40-29)11-13-31(33)32-14-12-27(16-34(30)32)43-35(36)22-3-5-23(6-4-22)37-17-28-19-39-28/h3-16,28-30H,2,17-21H2,1H3. The number of hydrogen-bond donors (Lipinski definition) is 0. The fraction of sp³-hybridized carbons (Fsp3) is 0.286. The molecule has 0 saturated carbocycles. The summed E-state index contributed by atoms with van der Waals surface area (Å²) in [5.74, 6) is 3.18. The Hall–Kier alpha value is -4.53. The van der Waals surface area contributed by atoms with E-state index in [1.807, 2.05) is 48.5 Å². The molecule has 4 aromatic rings. The topological polar surface area (TPSA) is 88.3 Å². The van der Waals surface area contributed by atoms with Crippen LogP contribution < -0.4 is 23.7 Å². The lowest BCUT2D eigenvalue weighted by atomic mass is 9.94. The van der Waals surface area contributed by atoms with Gasteiger partial charge in [0.1, 0.15) is 54.2 Å². The highest BCUT2D eigenvalue weighted by molar-refractivity contribution is 5.91. The lowest BCUT2D eigenvalue weighted by Gasteiger charge is -2.14. The van der Waals surface area contributed by atoms with E-state index in [0.29, 0.717) is 36.0 Å². The number of benzene rings is 4. The van der Waals surface area contributed by atoms with Gasteiger partial charge in [0, 0.05) is 5.92 Å². The second kappa shape index (κ2) is 12.0. The van der Waals surface area contributed by atoms with Crippen molar-refractivity contribution in [1.82, 2.24) is 0 Å². The fourth-order valence-electron chi connectivity index (χ4n) is 5.27. The molecule has 4 aromatic carbocycles. The minimum absolute atomic E-state index is 0.0841. The molecule has 0 aromatic heterocycles. The minimum Gasteiger partial charge on any atom is -0.491 e. The Labute approximate surface area is 250 Å². The summed E-state index contributed by atoms with van der Waals surface area (Å²) in [5, 5.41) is 0. The van der Waals surface area contributed by atoms with Crippen molar-refractivity contribution >= 4 is 5.97 Å². The van der Waals surface area contributed by atoms with Gasteiger partial charge in [-0.3, -0.25) is 0 Å². The number of fused-ring (bicyclic) bond motifs is 3. The minimum atomic E-state index is -0.411. The molecule has 2 heterocycles. The van der Waals surface area contributed by atoms with E-state index in [4.69, 9.17) is 33.2 Å². The SMILES string of the molecule is CCC1c2cc(OCOc3ccc(OCC4CO4)cc3)ccc2-c2ccc(OC(=O)c3ccc(OCC4CO4)cc3)cc21. The molecule has 0 spiro atoms. The predicted molar refractivity (Wildman–Crippen MR) is 158 cm³/mol. The molecular formula is C35H32O8. The van der Waals surface area contributed by atoms with Gasteiger partial charge in [-0.25, -0.2) is 4.79 Å². The molecule has 3 aliphatic rings. The Bertz CT molecular complexity index is 1590. The van der Waals surface area contributed by atoms with Gasteiger partial charge in [-0.1, -0.05) is 19.1 Å². The Morgan fingerprint density at radius 2 is 1.12 bits per heavy atom. The number of rotatable bonds is 13. The Morgan fingerprint density at radius 1 is 0.651 bits per heavy atom. The van der Waals surface area contributed by atoms with Crippen molar-refractivity contribution in [3.8, 4) is 39.9 Å². The normalized spacial score (nSPS) is 19.1. The Balaban J connectivity index is 0.966. The van der Waals surface area contributed by atoms with Gasteiger partial charge in [-0.15, -0.1) is 0 Å². The molecule has 2 saturated heterocycles. The molecule has 0 bridgehead atoms. The zero-order valence-corrected chi connectivity index (χ0v) is 23.8. The molecule has 3 unspecified atom stereocenters. The van der Waals surface area contributed by atoms with Crippen LogP contribution in [0.15, 0.2) is 84.9 Å². The van der Waals surface area contributed by atoms with E-state index in [2.05, 4.69) is 19.1 Å². The van der Waals surface area contributed by atoms with Crippen molar-refractivity contribution in [1.29, 1.82) is 0 Å². The molecule has 0 radical (unpaired) electrons. The van der Waals surface area contributed by atoms with E-state index in [0.717, 1.165) is 47.8 Å². The van der Waals surface area contributed by atoms with Crippen molar-refractivity contribution in [2.45, 2.75) is 31.5 Å². The van der Waals surface area contributed by atoms with E-state index in [1.165, 1.54) is 5.56 Å². The average molecular weight is 581 g/mol. The van der Waals surface area contributed by atoms with Gasteiger partial charge < -0.3 is 33.2 Å². The third-order valence-electron chi connectivity index (χ3n) is 7.75. The maximum Gasteiger partial charge on any atom is 0.343 e. The van der Waals surface area contributed by atoms with Crippen LogP contribution in [0.2, 0.25) is 0 Å². The highest BCUT2D eigenvalue weighted by Crippen LogP contribution is 2.48. The summed E-state index contributed by atoms with van der Waals surface area (Å²) in [6.45, 7) is 4.83. The highest BCUT2D eigenvalue weighted by Gasteiger charge is 2.29. The molecule has 0 N–H and O–H groups in total. The van der Waals surface area contributed by atoms with E-state index in [1.54, 1.807) is 24.3 Å². The average Bonchev–Trinajstić information content (AvgIpc) is 3.98. The first kappa shape index (κ1) is 27.3. The maximum absolute atomic E-state index is 12.9. The monoisotopic (exact) mass is 580 g/mol. The smallest absolute Gasteiger partial charge is 0.343 e. The van der Waals surface area contributed by atoms with Gasteiger partial charge in [-0.05, 0) is 101 Å². The molecule has 2 fully saturated rings. The second-order valence-electron chi connectivity index (χ2n) is 10.8. The molecule has 0 amide bonds. The van der Waals surface area contributed by atoms with Crippen molar-refractivity contribution in [3.05, 3.63) is 102 Å². The van der Waals surface area contributed by atoms with Crippen molar-refractivity contribution in [2.24, 2.45) is 0 Å². The summed E-state index contributed by atoms with van der Waals surface area (Å²) in [6, 6.07) is 26.4. The van der Waals surface area contributed by atoms with Gasteiger partial charge in [0.15, 0.2) is 0 Å². The number of esters is 1. The third kappa shape index (κ3) is 6.45. The molecule has 8 nitrogen and oxygen atoms in total. The molecule has 1 aliphatic carbocycles. The summed E-state index contributed by atoms with van der Waals surface area (Å²) < 4.78 is 39.2. The number of carbonyl (C=O) groups excluding carboxylic acids is 1. The van der Waals surface area contributed by atoms with E-state index >= 15 is 0 Å². The van der Waals surface area contributed by atoms with Crippen LogP contribution in [-0.4, -0.2) is 51.4 Å². The first-order valence-corrected chi connectivity index (χ1v) is 14.6. The van der Waals surface area contributed by atoms with E-state index in [9.17, 15) is 4.79 Å². The molecule has 43 heavy (non-hydrogen) atoms. The zero-order chi connectivity index (χ0) is 29.2. The van der Waals surface area contributed by atoms with Crippen LogP contribution in [0, 0.1) is 0 Å². The van der Waals surface area contributed by atoms with Gasteiger partial charge >= 0.3 is 5.97 Å². The van der Waals surface area contributed by atoms with E-state index < -0.39 is 5.97 Å². The third-order valence-corrected chi connectivity index (χ3v) is 7.75. The number of carbonyl (C=O) groups is 1. The lowest BCUT2D eigenvalue weighted by molar-refractivity contribution is 0.0734. The summed E-state index contributed by atoms with van der Waals surface area (Å²) in [4.78, 5) is 12.9. The first-order chi connectivity index (χ1) is 21.1. The number of hydrogen-bond acceptors (Lipinski definition) is 8. The van der Waals surface area contributed by atoms with Gasteiger partial charge in [-0.2, -0.15) is 0 Å². The molecule has 3 atom stereocenters. The molecule has 8 heteroatoms. The van der Waals surface area contributed by atoms with Gasteiger partial charge in [0.2, 0.25) is 6.79 Å². The van der Waals surface area contributed by atoms with Crippen LogP contribution in [0.5, 0.6) is 28.7 Å². The summed E-state index contributed by atoms with van der Waals surface area (Å²) >= 11 is 0. The fourth-order valence-corrected chi connectivity index (χ4v) is 5.27. The first-order valence-electron chi connectivity index (χ1n) is 14.6. The molecule has 2 aliphatic heterocycles. The van der Waals surface area contributed by atoms with Gasteiger partial charge in [0.25, 0.3) is 0 Å². The van der Waals surface area contributed by atoms with Crippen molar-refractivity contribution < 1.29 is 38.0 Å². The highest BCUT2D eigenvalue weighted by atomic mass is 16.7. The van der Waals surface area contributed by atoms with Crippen molar-refractivity contribution in [2.75, 3.05) is 33.2 Å². The zero-order valence-electron chi connectivity index (χ0n) is 23.8. The van der Waals surface area contributed by atoms with E-state index in [-0.39, 0.29) is 24.9 Å². The Kier molecular flexibility index (Phi) is 7.62. The van der Waals surface area contributed by atoms with Crippen LogP contribution in [0.1, 0.15) is 40.7 Å². The summed E-state index contributed by atoms with van der Waals surface area (Å²) in [6.07, 6.45) is 1.29.